The van der Waals surface area contributed by atoms with Crippen LogP contribution < -0.4 is 4.74 Å². The number of hydrogen-bond acceptors (Lipinski definition) is 3. The Bertz CT molecular complexity index is 524. The molecule has 0 amide bonds. The summed E-state index contributed by atoms with van der Waals surface area (Å²) in [5.41, 5.74) is 0.604. The first-order valence-electron chi connectivity index (χ1n) is 7.69. The number of rotatable bonds is 6. The van der Waals surface area contributed by atoms with Gasteiger partial charge in [0.25, 0.3) is 0 Å². The molecule has 114 valence electrons. The third kappa shape index (κ3) is 5.17. The summed E-state index contributed by atoms with van der Waals surface area (Å²) in [4.78, 5) is 0. The van der Waals surface area contributed by atoms with E-state index >= 15 is 0 Å². The highest BCUT2D eigenvalue weighted by molar-refractivity contribution is 7.85. The number of ether oxygens (including phenoxy) is 1. The van der Waals surface area contributed by atoms with E-state index < -0.39 is 10.8 Å². The maximum absolute atomic E-state index is 12.3. The minimum absolute atomic E-state index is 0.385. The lowest BCUT2D eigenvalue weighted by Crippen LogP contribution is -2.25. The van der Waals surface area contributed by atoms with Gasteiger partial charge in [-0.15, -0.1) is 0 Å². The van der Waals surface area contributed by atoms with Gasteiger partial charge in [0.15, 0.2) is 0 Å². The lowest BCUT2D eigenvalue weighted by atomic mass is 9.91. The van der Waals surface area contributed by atoms with Gasteiger partial charge in [-0.2, -0.15) is 5.26 Å². The van der Waals surface area contributed by atoms with Crippen LogP contribution in [-0.4, -0.2) is 21.8 Å². The summed E-state index contributed by atoms with van der Waals surface area (Å²) in [7, 11) is -0.723. The van der Waals surface area contributed by atoms with E-state index in [1.165, 1.54) is 12.8 Å². The zero-order chi connectivity index (χ0) is 15.1. The first kappa shape index (κ1) is 16.0. The Hall–Kier alpha value is -1.34. The van der Waals surface area contributed by atoms with E-state index in [9.17, 15) is 4.21 Å². The second-order valence-electron chi connectivity index (χ2n) is 5.82. The second kappa shape index (κ2) is 8.19. The van der Waals surface area contributed by atoms with Crippen LogP contribution in [0.5, 0.6) is 5.75 Å². The largest absolute Gasteiger partial charge is 0.494 e. The van der Waals surface area contributed by atoms with Gasteiger partial charge >= 0.3 is 0 Å². The molecule has 0 heterocycles. The molecule has 0 bridgehead atoms. The van der Waals surface area contributed by atoms with Crippen LogP contribution in [0.2, 0.25) is 0 Å². The van der Waals surface area contributed by atoms with Crippen molar-refractivity contribution in [3.8, 4) is 11.8 Å². The van der Waals surface area contributed by atoms with Crippen molar-refractivity contribution in [1.82, 2.24) is 0 Å². The average Bonchev–Trinajstić information content (AvgIpc) is 2.51. The summed E-state index contributed by atoms with van der Waals surface area (Å²) >= 11 is 0. The summed E-state index contributed by atoms with van der Waals surface area (Å²) in [6.45, 7) is 2.82. The van der Waals surface area contributed by atoms with Crippen molar-refractivity contribution in [1.29, 1.82) is 5.26 Å². The van der Waals surface area contributed by atoms with Gasteiger partial charge in [-0.25, -0.2) is 0 Å². The standard InChI is InChI=1S/C17H23NO2S/c1-14-5-2-8-17(11-14)21(19)10-4-9-20-16-7-3-6-15(12-16)13-18/h3,6-7,12,14,17H,2,4-5,8-11H2,1H3. The number of benzene rings is 1. The second-order valence-corrected chi connectivity index (χ2v) is 7.66. The fourth-order valence-corrected chi connectivity index (χ4v) is 4.54. The molecule has 4 heteroatoms. The summed E-state index contributed by atoms with van der Waals surface area (Å²) in [6.07, 6.45) is 5.52. The number of hydrogen-bond donors (Lipinski definition) is 0. The first-order chi connectivity index (χ1) is 10.2. The normalized spacial score (nSPS) is 23.2. The van der Waals surface area contributed by atoms with Crippen molar-refractivity contribution in [2.24, 2.45) is 5.92 Å². The predicted octanol–water partition coefficient (Wildman–Crippen LogP) is 3.65. The van der Waals surface area contributed by atoms with Crippen LogP contribution in [0.1, 0.15) is 44.6 Å². The maximum atomic E-state index is 12.3. The van der Waals surface area contributed by atoms with Crippen LogP contribution in [0.15, 0.2) is 24.3 Å². The summed E-state index contributed by atoms with van der Waals surface area (Å²) < 4.78 is 17.9. The molecule has 2 rings (SSSR count). The Morgan fingerprint density at radius 3 is 3.05 bits per heavy atom. The lowest BCUT2D eigenvalue weighted by Gasteiger charge is -2.26. The van der Waals surface area contributed by atoms with E-state index in [0.717, 1.165) is 30.9 Å². The predicted molar refractivity (Wildman–Crippen MR) is 85.7 cm³/mol. The van der Waals surface area contributed by atoms with Crippen LogP contribution in [0.3, 0.4) is 0 Å². The molecule has 1 aromatic rings. The van der Waals surface area contributed by atoms with Crippen molar-refractivity contribution in [3.05, 3.63) is 29.8 Å². The van der Waals surface area contributed by atoms with E-state index in [1.54, 1.807) is 12.1 Å². The van der Waals surface area contributed by atoms with Gasteiger partial charge in [0.1, 0.15) is 5.75 Å². The van der Waals surface area contributed by atoms with Gasteiger partial charge in [-0.1, -0.05) is 25.8 Å². The summed E-state index contributed by atoms with van der Waals surface area (Å²) in [6, 6.07) is 9.25. The molecule has 1 aliphatic carbocycles. The highest BCUT2D eigenvalue weighted by Gasteiger charge is 2.23. The Balaban J connectivity index is 1.69. The Labute approximate surface area is 129 Å². The number of nitriles is 1. The average molecular weight is 305 g/mol. The minimum Gasteiger partial charge on any atom is -0.494 e. The van der Waals surface area contributed by atoms with Crippen LogP contribution >= 0.6 is 0 Å². The molecule has 0 spiro atoms. The van der Waals surface area contributed by atoms with Crippen LogP contribution in [0.4, 0.5) is 0 Å². The maximum Gasteiger partial charge on any atom is 0.120 e. The lowest BCUT2D eigenvalue weighted by molar-refractivity contribution is 0.317. The van der Waals surface area contributed by atoms with Crippen molar-refractivity contribution in [2.45, 2.75) is 44.3 Å². The summed E-state index contributed by atoms with van der Waals surface area (Å²) in [5, 5.41) is 9.21. The smallest absolute Gasteiger partial charge is 0.120 e. The van der Waals surface area contributed by atoms with E-state index in [4.69, 9.17) is 10.00 Å². The van der Waals surface area contributed by atoms with Crippen molar-refractivity contribution in [2.75, 3.05) is 12.4 Å². The van der Waals surface area contributed by atoms with E-state index in [0.29, 0.717) is 23.2 Å². The first-order valence-corrected chi connectivity index (χ1v) is 9.07. The third-order valence-corrected chi connectivity index (χ3v) is 5.84. The molecule has 0 N–H and O–H groups in total. The van der Waals surface area contributed by atoms with Gasteiger partial charge in [-0.05, 0) is 43.4 Å². The Morgan fingerprint density at radius 1 is 1.43 bits per heavy atom. The molecule has 0 radical (unpaired) electrons. The van der Waals surface area contributed by atoms with Crippen LogP contribution in [-0.2, 0) is 10.8 Å². The van der Waals surface area contributed by atoms with Gasteiger partial charge in [0, 0.05) is 21.8 Å². The summed E-state index contributed by atoms with van der Waals surface area (Å²) in [5.74, 6) is 2.15. The molecule has 3 atom stereocenters. The van der Waals surface area contributed by atoms with Crippen molar-refractivity contribution >= 4 is 10.8 Å². The van der Waals surface area contributed by atoms with Gasteiger partial charge in [0.05, 0.1) is 18.2 Å². The molecule has 1 aromatic carbocycles. The van der Waals surface area contributed by atoms with Gasteiger partial charge in [0.2, 0.25) is 0 Å². The van der Waals surface area contributed by atoms with Crippen LogP contribution in [0.25, 0.3) is 0 Å². The molecule has 0 saturated heterocycles. The highest BCUT2D eigenvalue weighted by Crippen LogP contribution is 2.27. The zero-order valence-corrected chi connectivity index (χ0v) is 13.4. The molecule has 3 unspecified atom stereocenters. The zero-order valence-electron chi connectivity index (χ0n) is 12.6. The van der Waals surface area contributed by atoms with E-state index in [2.05, 4.69) is 13.0 Å². The molecule has 3 nitrogen and oxygen atoms in total. The third-order valence-electron chi connectivity index (χ3n) is 3.98. The quantitative estimate of drug-likeness (QED) is 0.754. The van der Waals surface area contributed by atoms with Crippen molar-refractivity contribution < 1.29 is 8.95 Å². The molecule has 0 aliphatic heterocycles. The van der Waals surface area contributed by atoms with E-state index in [-0.39, 0.29) is 0 Å². The molecule has 21 heavy (non-hydrogen) atoms. The van der Waals surface area contributed by atoms with Crippen molar-refractivity contribution in [3.63, 3.8) is 0 Å². The van der Waals surface area contributed by atoms with Gasteiger partial charge in [-0.3, -0.25) is 4.21 Å². The molecule has 1 saturated carbocycles. The number of nitrogens with zero attached hydrogens (tertiary/aromatic N) is 1. The minimum atomic E-state index is -0.723. The van der Waals surface area contributed by atoms with Gasteiger partial charge < -0.3 is 4.74 Å². The molecule has 1 aliphatic rings. The fourth-order valence-electron chi connectivity index (χ4n) is 2.83. The molecular formula is C17H23NO2S. The Kier molecular flexibility index (Phi) is 6.25. The SMILES string of the molecule is CC1CCCC(S(=O)CCCOc2cccc(C#N)c2)C1. The highest BCUT2D eigenvalue weighted by atomic mass is 32.2. The Morgan fingerprint density at radius 2 is 2.29 bits per heavy atom. The molecule has 1 fully saturated rings. The molecular weight excluding hydrogens is 282 g/mol. The fraction of sp³-hybridized carbons (Fsp3) is 0.588. The molecule has 0 aromatic heterocycles. The van der Waals surface area contributed by atoms with Crippen LogP contribution in [0, 0.1) is 17.2 Å². The monoisotopic (exact) mass is 305 g/mol. The topological polar surface area (TPSA) is 50.1 Å². The van der Waals surface area contributed by atoms with E-state index in [1.807, 2.05) is 12.1 Å².